The van der Waals surface area contributed by atoms with Crippen molar-refractivity contribution < 1.29 is 4.74 Å². The van der Waals surface area contributed by atoms with Gasteiger partial charge in [-0.3, -0.25) is 0 Å². The molecular formula is C10H17N3OS2. The van der Waals surface area contributed by atoms with Crippen molar-refractivity contribution in [2.45, 2.75) is 23.8 Å². The number of likely N-dealkylation sites (N-methyl/N-ethyl adjacent to an activating group) is 1. The van der Waals surface area contributed by atoms with Crippen LogP contribution in [0.15, 0.2) is 4.90 Å². The van der Waals surface area contributed by atoms with E-state index in [1.807, 2.05) is 6.26 Å². The van der Waals surface area contributed by atoms with Crippen LogP contribution in [0.1, 0.15) is 12.8 Å². The van der Waals surface area contributed by atoms with Crippen LogP contribution in [-0.2, 0) is 4.74 Å². The molecule has 0 amide bonds. The van der Waals surface area contributed by atoms with E-state index in [4.69, 9.17) is 10.5 Å². The number of hydrogen-bond acceptors (Lipinski definition) is 6. The van der Waals surface area contributed by atoms with Gasteiger partial charge in [0.15, 0.2) is 5.82 Å². The van der Waals surface area contributed by atoms with Crippen LogP contribution >= 0.6 is 23.3 Å². The Hall–Kier alpha value is -0.460. The Bertz CT molecular complexity index is 350. The molecule has 1 aromatic rings. The number of nitrogen functional groups attached to an aromatic ring is 1. The van der Waals surface area contributed by atoms with E-state index in [0.717, 1.165) is 29.5 Å². The predicted octanol–water partition coefficient (Wildman–Crippen LogP) is 2.06. The van der Waals surface area contributed by atoms with Gasteiger partial charge >= 0.3 is 0 Å². The summed E-state index contributed by atoms with van der Waals surface area (Å²) < 4.78 is 9.83. The molecule has 0 aromatic carbocycles. The van der Waals surface area contributed by atoms with Gasteiger partial charge in [-0.25, -0.2) is 0 Å². The lowest BCUT2D eigenvalue weighted by molar-refractivity contribution is 0.116. The van der Waals surface area contributed by atoms with E-state index in [1.54, 1.807) is 11.8 Å². The third kappa shape index (κ3) is 2.44. The van der Waals surface area contributed by atoms with Crippen LogP contribution in [-0.4, -0.2) is 36.9 Å². The molecular weight excluding hydrogens is 242 g/mol. The van der Waals surface area contributed by atoms with Gasteiger partial charge in [0.25, 0.3) is 0 Å². The molecule has 6 heteroatoms. The molecule has 0 spiro atoms. The average molecular weight is 259 g/mol. The molecule has 1 unspecified atom stereocenters. The van der Waals surface area contributed by atoms with Crippen LogP contribution in [0, 0.1) is 0 Å². The lowest BCUT2D eigenvalue weighted by atomic mass is 10.2. The molecule has 0 aliphatic carbocycles. The standard InChI is InChI=1S/C10H17N3OS2/c1-13(6-7-4-3-5-14-7)10-8(15-2)9(11)12-16-10/h7H,3-6H2,1-2H3,(H2,11,12). The van der Waals surface area contributed by atoms with Crippen molar-refractivity contribution >= 4 is 34.1 Å². The number of anilines is 2. The number of nitrogens with two attached hydrogens (primary N) is 1. The SMILES string of the molecule is CSc1c(N)nsc1N(C)CC1CCCO1. The maximum Gasteiger partial charge on any atom is 0.153 e. The second-order valence-corrected chi connectivity index (χ2v) is 5.49. The second-order valence-electron chi connectivity index (χ2n) is 3.92. The number of thioether (sulfide) groups is 1. The third-order valence-corrected chi connectivity index (χ3v) is 4.63. The van der Waals surface area contributed by atoms with Crippen LogP contribution in [0.4, 0.5) is 10.8 Å². The van der Waals surface area contributed by atoms with Crippen LogP contribution in [0.5, 0.6) is 0 Å². The fraction of sp³-hybridized carbons (Fsp3) is 0.700. The van der Waals surface area contributed by atoms with E-state index < -0.39 is 0 Å². The normalized spacial score (nSPS) is 20.2. The number of ether oxygens (including phenoxy) is 1. The molecule has 1 aliphatic heterocycles. The molecule has 1 atom stereocenters. The molecule has 1 aliphatic rings. The van der Waals surface area contributed by atoms with Crippen molar-refractivity contribution in [3.8, 4) is 0 Å². The summed E-state index contributed by atoms with van der Waals surface area (Å²) in [6, 6.07) is 0. The fourth-order valence-corrected chi connectivity index (χ4v) is 3.58. The molecule has 0 saturated carbocycles. The summed E-state index contributed by atoms with van der Waals surface area (Å²) in [7, 11) is 2.08. The molecule has 0 bridgehead atoms. The highest BCUT2D eigenvalue weighted by molar-refractivity contribution is 7.99. The van der Waals surface area contributed by atoms with E-state index in [2.05, 4.69) is 16.3 Å². The smallest absolute Gasteiger partial charge is 0.153 e. The van der Waals surface area contributed by atoms with E-state index in [9.17, 15) is 0 Å². The molecule has 2 N–H and O–H groups in total. The summed E-state index contributed by atoms with van der Waals surface area (Å²) >= 11 is 3.12. The van der Waals surface area contributed by atoms with Crippen molar-refractivity contribution in [3.05, 3.63) is 0 Å². The van der Waals surface area contributed by atoms with Crippen LogP contribution in [0.25, 0.3) is 0 Å². The Morgan fingerprint density at radius 2 is 2.50 bits per heavy atom. The number of nitrogens with zero attached hydrogens (tertiary/aromatic N) is 2. The molecule has 0 radical (unpaired) electrons. The van der Waals surface area contributed by atoms with Gasteiger partial charge in [0.2, 0.25) is 0 Å². The monoisotopic (exact) mass is 259 g/mol. The summed E-state index contributed by atoms with van der Waals surface area (Å²) in [6.07, 6.45) is 4.73. The minimum Gasteiger partial charge on any atom is -0.382 e. The van der Waals surface area contributed by atoms with Crippen LogP contribution in [0.2, 0.25) is 0 Å². The largest absolute Gasteiger partial charge is 0.382 e. The first kappa shape index (κ1) is 12.0. The van der Waals surface area contributed by atoms with Crippen molar-refractivity contribution in [1.29, 1.82) is 0 Å². The quantitative estimate of drug-likeness (QED) is 0.839. The van der Waals surface area contributed by atoms with Gasteiger partial charge in [0.1, 0.15) is 5.00 Å². The summed E-state index contributed by atoms with van der Waals surface area (Å²) in [6.45, 7) is 1.83. The Balaban J connectivity index is 2.04. The molecule has 90 valence electrons. The van der Waals surface area contributed by atoms with Gasteiger partial charge < -0.3 is 15.4 Å². The predicted molar refractivity (Wildman–Crippen MR) is 70.6 cm³/mol. The van der Waals surface area contributed by atoms with Gasteiger partial charge in [0.05, 0.1) is 11.0 Å². The molecule has 1 saturated heterocycles. The minimum absolute atomic E-state index is 0.364. The molecule has 2 heterocycles. The maximum atomic E-state index is 5.82. The van der Waals surface area contributed by atoms with E-state index >= 15 is 0 Å². The lowest BCUT2D eigenvalue weighted by Crippen LogP contribution is -2.28. The third-order valence-electron chi connectivity index (χ3n) is 2.71. The number of rotatable bonds is 4. The number of hydrogen-bond donors (Lipinski definition) is 1. The topological polar surface area (TPSA) is 51.4 Å². The van der Waals surface area contributed by atoms with Gasteiger partial charge in [-0.1, -0.05) is 0 Å². The first-order valence-corrected chi connectivity index (χ1v) is 7.34. The van der Waals surface area contributed by atoms with Gasteiger partial charge in [-0.05, 0) is 30.6 Å². The van der Waals surface area contributed by atoms with E-state index in [1.165, 1.54) is 18.0 Å². The first-order valence-electron chi connectivity index (χ1n) is 5.34. The zero-order valence-corrected chi connectivity index (χ0v) is 11.2. The minimum atomic E-state index is 0.364. The van der Waals surface area contributed by atoms with Crippen molar-refractivity contribution in [2.75, 3.05) is 37.1 Å². The lowest BCUT2D eigenvalue weighted by Gasteiger charge is -2.21. The Morgan fingerprint density at radius 1 is 1.69 bits per heavy atom. The molecule has 16 heavy (non-hydrogen) atoms. The van der Waals surface area contributed by atoms with E-state index in [0.29, 0.717) is 11.9 Å². The summed E-state index contributed by atoms with van der Waals surface area (Å²) in [5, 5.41) is 1.15. The Labute approximate surface area is 104 Å². The van der Waals surface area contributed by atoms with Crippen LogP contribution < -0.4 is 10.6 Å². The molecule has 1 aromatic heterocycles. The zero-order valence-electron chi connectivity index (χ0n) is 9.60. The zero-order chi connectivity index (χ0) is 11.5. The van der Waals surface area contributed by atoms with Gasteiger partial charge in [0, 0.05) is 20.2 Å². The molecule has 4 nitrogen and oxygen atoms in total. The van der Waals surface area contributed by atoms with Gasteiger partial charge in [-0.2, -0.15) is 4.37 Å². The number of aromatic nitrogens is 1. The molecule has 1 fully saturated rings. The summed E-state index contributed by atoms with van der Waals surface area (Å²) in [5.74, 6) is 0.645. The second kappa shape index (κ2) is 5.25. The highest BCUT2D eigenvalue weighted by atomic mass is 32.2. The highest BCUT2D eigenvalue weighted by Gasteiger charge is 2.21. The summed E-state index contributed by atoms with van der Waals surface area (Å²) in [4.78, 5) is 3.29. The average Bonchev–Trinajstić information content (AvgIpc) is 2.87. The first-order chi connectivity index (χ1) is 7.72. The van der Waals surface area contributed by atoms with E-state index in [-0.39, 0.29) is 0 Å². The van der Waals surface area contributed by atoms with Crippen molar-refractivity contribution in [1.82, 2.24) is 4.37 Å². The maximum absolute atomic E-state index is 5.82. The van der Waals surface area contributed by atoms with Crippen molar-refractivity contribution in [2.24, 2.45) is 0 Å². The van der Waals surface area contributed by atoms with Crippen LogP contribution in [0.3, 0.4) is 0 Å². The highest BCUT2D eigenvalue weighted by Crippen LogP contribution is 2.37. The summed E-state index contributed by atoms with van der Waals surface area (Å²) in [5.41, 5.74) is 5.82. The molecule has 2 rings (SSSR count). The fourth-order valence-electron chi connectivity index (χ4n) is 1.90. The Kier molecular flexibility index (Phi) is 3.94. The Morgan fingerprint density at radius 3 is 3.12 bits per heavy atom. The van der Waals surface area contributed by atoms with Gasteiger partial charge in [-0.15, -0.1) is 11.8 Å². The van der Waals surface area contributed by atoms with Crippen molar-refractivity contribution in [3.63, 3.8) is 0 Å².